The van der Waals surface area contributed by atoms with E-state index in [0.717, 1.165) is 36.7 Å². The summed E-state index contributed by atoms with van der Waals surface area (Å²) in [5.41, 5.74) is 5.91. The third kappa shape index (κ3) is 2.64. The standard InChI is InChI=1S/C23H28N2O2/c1-22(2)10-15-11-23(3,12-22)13-25(15)20-16-5-4-6-18(16)24-19-8-7-14(21(26)27)9-17(19)20/h7-9,15H,4-6,10-13H2,1-3H3,(H,26,27)/t15-,23-/m0/s1. The molecule has 2 bridgehead atoms. The molecule has 0 radical (unpaired) electrons. The number of pyridine rings is 1. The lowest BCUT2D eigenvalue weighted by atomic mass is 9.65. The van der Waals surface area contributed by atoms with Gasteiger partial charge in [-0.15, -0.1) is 0 Å². The number of hydrogen-bond acceptors (Lipinski definition) is 3. The Hall–Kier alpha value is -2.10. The molecule has 27 heavy (non-hydrogen) atoms. The quantitative estimate of drug-likeness (QED) is 0.829. The zero-order valence-electron chi connectivity index (χ0n) is 16.5. The first kappa shape index (κ1) is 17.0. The van der Waals surface area contributed by atoms with Crippen LogP contribution >= 0.6 is 0 Å². The number of aryl methyl sites for hydroxylation is 1. The fourth-order valence-electron chi connectivity index (χ4n) is 6.42. The van der Waals surface area contributed by atoms with Crippen LogP contribution in [0.15, 0.2) is 18.2 Å². The minimum absolute atomic E-state index is 0.345. The Kier molecular flexibility index (Phi) is 3.45. The van der Waals surface area contributed by atoms with E-state index in [-0.39, 0.29) is 0 Å². The van der Waals surface area contributed by atoms with Crippen molar-refractivity contribution in [3.63, 3.8) is 0 Å². The Morgan fingerprint density at radius 3 is 2.81 bits per heavy atom. The van der Waals surface area contributed by atoms with Crippen LogP contribution in [0.4, 0.5) is 5.69 Å². The summed E-state index contributed by atoms with van der Waals surface area (Å²) in [6.07, 6.45) is 6.97. The molecule has 1 N–H and O–H groups in total. The predicted octanol–water partition coefficient (Wildman–Crippen LogP) is 4.83. The molecule has 1 aromatic carbocycles. The molecule has 2 aliphatic carbocycles. The summed E-state index contributed by atoms with van der Waals surface area (Å²) in [5.74, 6) is -0.864. The molecule has 142 valence electrons. The number of anilines is 1. The summed E-state index contributed by atoms with van der Waals surface area (Å²) < 4.78 is 0. The topological polar surface area (TPSA) is 53.4 Å². The molecule has 2 fully saturated rings. The second-order valence-corrected chi connectivity index (χ2v) is 10.1. The van der Waals surface area contributed by atoms with Crippen molar-refractivity contribution in [2.75, 3.05) is 11.4 Å². The van der Waals surface area contributed by atoms with Gasteiger partial charge in [0.15, 0.2) is 0 Å². The van der Waals surface area contributed by atoms with Gasteiger partial charge in [0.05, 0.1) is 16.8 Å². The van der Waals surface area contributed by atoms with Gasteiger partial charge in [-0.1, -0.05) is 20.8 Å². The maximum atomic E-state index is 11.6. The summed E-state index contributed by atoms with van der Waals surface area (Å²) in [5, 5.41) is 10.6. The Balaban J connectivity index is 1.72. The highest BCUT2D eigenvalue weighted by molar-refractivity contribution is 6.00. The fraction of sp³-hybridized carbons (Fsp3) is 0.565. The van der Waals surface area contributed by atoms with Crippen molar-refractivity contribution in [3.8, 4) is 0 Å². The molecular formula is C23H28N2O2. The molecule has 3 aliphatic rings. The molecule has 1 saturated carbocycles. The molecule has 2 atom stereocenters. The highest BCUT2D eigenvalue weighted by Crippen LogP contribution is 2.55. The van der Waals surface area contributed by atoms with Gasteiger partial charge in [-0.25, -0.2) is 4.79 Å². The number of rotatable bonds is 2. The molecule has 4 nitrogen and oxygen atoms in total. The first-order valence-electron chi connectivity index (χ1n) is 10.2. The number of benzene rings is 1. The minimum Gasteiger partial charge on any atom is -0.478 e. The molecule has 1 saturated heterocycles. The van der Waals surface area contributed by atoms with Gasteiger partial charge in [0.1, 0.15) is 0 Å². The smallest absolute Gasteiger partial charge is 0.335 e. The minimum atomic E-state index is -0.864. The summed E-state index contributed by atoms with van der Waals surface area (Å²) in [6, 6.07) is 5.99. The first-order chi connectivity index (χ1) is 12.7. The van der Waals surface area contributed by atoms with Crippen LogP contribution in [0, 0.1) is 10.8 Å². The molecule has 2 heterocycles. The number of aromatic carboxylic acids is 1. The summed E-state index contributed by atoms with van der Waals surface area (Å²) in [6.45, 7) is 8.31. The number of fused-ring (bicyclic) bond motifs is 4. The number of aromatic nitrogens is 1. The molecular weight excluding hydrogens is 336 g/mol. The Labute approximate surface area is 160 Å². The van der Waals surface area contributed by atoms with Crippen molar-refractivity contribution in [2.45, 2.75) is 65.3 Å². The summed E-state index contributed by atoms with van der Waals surface area (Å²) in [4.78, 5) is 19.1. The number of carboxylic acids is 1. The van der Waals surface area contributed by atoms with E-state index in [1.54, 1.807) is 6.07 Å². The summed E-state index contributed by atoms with van der Waals surface area (Å²) >= 11 is 0. The van der Waals surface area contributed by atoms with Gasteiger partial charge in [-0.3, -0.25) is 4.98 Å². The van der Waals surface area contributed by atoms with Crippen LogP contribution in [0.3, 0.4) is 0 Å². The fourth-order valence-corrected chi connectivity index (χ4v) is 6.42. The van der Waals surface area contributed by atoms with Crippen molar-refractivity contribution >= 4 is 22.6 Å². The van der Waals surface area contributed by atoms with Gasteiger partial charge < -0.3 is 10.0 Å². The van der Waals surface area contributed by atoms with E-state index >= 15 is 0 Å². The zero-order chi connectivity index (χ0) is 19.0. The van der Waals surface area contributed by atoms with E-state index in [2.05, 4.69) is 25.7 Å². The van der Waals surface area contributed by atoms with Crippen LogP contribution in [-0.2, 0) is 12.8 Å². The zero-order valence-corrected chi connectivity index (χ0v) is 16.5. The lowest BCUT2D eigenvalue weighted by Gasteiger charge is -2.39. The van der Waals surface area contributed by atoms with Crippen molar-refractivity contribution < 1.29 is 9.90 Å². The first-order valence-corrected chi connectivity index (χ1v) is 10.2. The normalized spacial score (nSPS) is 28.6. The molecule has 5 rings (SSSR count). The van der Waals surface area contributed by atoms with Gasteiger partial charge in [-0.05, 0) is 73.1 Å². The maximum Gasteiger partial charge on any atom is 0.335 e. The molecule has 0 spiro atoms. The Bertz CT molecular complexity index is 964. The van der Waals surface area contributed by atoms with E-state index in [0.29, 0.717) is 22.4 Å². The number of nitrogens with zero attached hydrogens (tertiary/aromatic N) is 2. The molecule has 2 aromatic rings. The van der Waals surface area contributed by atoms with Crippen molar-refractivity contribution in [2.24, 2.45) is 10.8 Å². The molecule has 1 aliphatic heterocycles. The lowest BCUT2D eigenvalue weighted by molar-refractivity contribution is 0.0697. The predicted molar refractivity (Wildman–Crippen MR) is 108 cm³/mol. The van der Waals surface area contributed by atoms with Crippen LogP contribution in [0.25, 0.3) is 10.9 Å². The maximum absolute atomic E-state index is 11.6. The van der Waals surface area contributed by atoms with E-state index in [9.17, 15) is 9.90 Å². The molecule has 1 aromatic heterocycles. The van der Waals surface area contributed by atoms with E-state index < -0.39 is 5.97 Å². The van der Waals surface area contributed by atoms with Gasteiger partial charge in [0.2, 0.25) is 0 Å². The van der Waals surface area contributed by atoms with Crippen molar-refractivity contribution in [1.29, 1.82) is 0 Å². The third-order valence-electron chi connectivity index (χ3n) is 6.93. The van der Waals surface area contributed by atoms with Crippen molar-refractivity contribution in [3.05, 3.63) is 35.0 Å². The number of hydrogen-bond donors (Lipinski definition) is 1. The molecule has 4 heteroatoms. The van der Waals surface area contributed by atoms with Gasteiger partial charge >= 0.3 is 5.97 Å². The average Bonchev–Trinajstić information content (AvgIpc) is 3.12. The molecule has 0 amide bonds. The highest BCUT2D eigenvalue weighted by atomic mass is 16.4. The van der Waals surface area contributed by atoms with Crippen LogP contribution in [0.2, 0.25) is 0 Å². The Morgan fingerprint density at radius 1 is 1.22 bits per heavy atom. The van der Waals surface area contributed by atoms with E-state index in [1.165, 1.54) is 36.2 Å². The second-order valence-electron chi connectivity index (χ2n) is 10.1. The van der Waals surface area contributed by atoms with E-state index in [4.69, 9.17) is 4.98 Å². The van der Waals surface area contributed by atoms with Gasteiger partial charge in [0, 0.05) is 23.7 Å². The average molecular weight is 364 g/mol. The molecule has 0 unspecified atom stereocenters. The lowest BCUT2D eigenvalue weighted by Crippen LogP contribution is -2.35. The van der Waals surface area contributed by atoms with Crippen LogP contribution in [-0.4, -0.2) is 28.6 Å². The Morgan fingerprint density at radius 2 is 2.04 bits per heavy atom. The highest BCUT2D eigenvalue weighted by Gasteiger charge is 2.50. The third-order valence-corrected chi connectivity index (χ3v) is 6.93. The van der Waals surface area contributed by atoms with Crippen molar-refractivity contribution in [1.82, 2.24) is 4.98 Å². The SMILES string of the molecule is CC1(C)C[C@H]2C[C@](C)(CN2c2c3c(nc4ccc(C(=O)O)cc24)CCC3)C1. The van der Waals surface area contributed by atoms with Crippen LogP contribution < -0.4 is 4.90 Å². The van der Waals surface area contributed by atoms with Gasteiger partial charge in [-0.2, -0.15) is 0 Å². The second kappa shape index (κ2) is 5.46. The number of carboxylic acid groups (broad SMARTS) is 1. The monoisotopic (exact) mass is 364 g/mol. The largest absolute Gasteiger partial charge is 0.478 e. The van der Waals surface area contributed by atoms with Gasteiger partial charge in [0.25, 0.3) is 0 Å². The van der Waals surface area contributed by atoms with Crippen LogP contribution in [0.5, 0.6) is 0 Å². The van der Waals surface area contributed by atoms with Crippen LogP contribution in [0.1, 0.15) is 68.1 Å². The summed E-state index contributed by atoms with van der Waals surface area (Å²) in [7, 11) is 0. The number of carbonyl (C=O) groups is 1. The van der Waals surface area contributed by atoms with E-state index in [1.807, 2.05) is 12.1 Å².